The number of aliphatic hydroxyl groups is 1. The first-order chi connectivity index (χ1) is 8.03. The highest BCUT2D eigenvalue weighted by molar-refractivity contribution is 4.75. The predicted octanol–water partition coefficient (Wildman–Crippen LogP) is 2.33. The molecule has 17 heavy (non-hydrogen) atoms. The second-order valence-corrected chi connectivity index (χ2v) is 5.86. The van der Waals surface area contributed by atoms with Crippen molar-refractivity contribution in [3.63, 3.8) is 0 Å². The van der Waals surface area contributed by atoms with Crippen molar-refractivity contribution < 1.29 is 9.84 Å². The van der Waals surface area contributed by atoms with Crippen LogP contribution in [0.1, 0.15) is 52.9 Å². The largest absolute Gasteiger partial charge is 0.392 e. The lowest BCUT2D eigenvalue weighted by Gasteiger charge is -2.26. The van der Waals surface area contributed by atoms with Crippen LogP contribution in [0.4, 0.5) is 0 Å². The van der Waals surface area contributed by atoms with Crippen LogP contribution in [0.15, 0.2) is 0 Å². The van der Waals surface area contributed by atoms with Gasteiger partial charge in [0.05, 0.1) is 11.7 Å². The number of ether oxygens (including phenoxy) is 1. The van der Waals surface area contributed by atoms with Crippen molar-refractivity contribution in [3.8, 4) is 0 Å². The van der Waals surface area contributed by atoms with Gasteiger partial charge in [0.25, 0.3) is 0 Å². The quantitative estimate of drug-likeness (QED) is 0.687. The average Bonchev–Trinajstić information content (AvgIpc) is 2.69. The van der Waals surface area contributed by atoms with Crippen molar-refractivity contribution in [2.24, 2.45) is 5.92 Å². The Kier molecular flexibility index (Phi) is 6.45. The molecule has 0 radical (unpaired) electrons. The fourth-order valence-electron chi connectivity index (χ4n) is 2.70. The van der Waals surface area contributed by atoms with E-state index in [-0.39, 0.29) is 11.7 Å². The molecule has 0 spiro atoms. The Morgan fingerprint density at radius 1 is 1.35 bits per heavy atom. The summed E-state index contributed by atoms with van der Waals surface area (Å²) in [6, 6.07) is 0. The molecule has 3 heteroatoms. The van der Waals surface area contributed by atoms with Crippen molar-refractivity contribution in [3.05, 3.63) is 0 Å². The van der Waals surface area contributed by atoms with Crippen LogP contribution in [-0.4, -0.2) is 36.5 Å². The zero-order valence-electron chi connectivity index (χ0n) is 11.7. The Bertz CT molecular complexity index is 200. The van der Waals surface area contributed by atoms with Crippen LogP contribution in [0.2, 0.25) is 0 Å². The maximum absolute atomic E-state index is 9.93. The van der Waals surface area contributed by atoms with Gasteiger partial charge < -0.3 is 15.2 Å². The first kappa shape index (κ1) is 14.9. The molecule has 0 aliphatic heterocycles. The Morgan fingerprint density at radius 3 is 2.59 bits per heavy atom. The van der Waals surface area contributed by atoms with E-state index >= 15 is 0 Å². The Balaban J connectivity index is 2.08. The second-order valence-electron chi connectivity index (χ2n) is 5.86. The van der Waals surface area contributed by atoms with Crippen LogP contribution in [0, 0.1) is 5.92 Å². The highest BCUT2D eigenvalue weighted by Crippen LogP contribution is 2.28. The molecule has 0 heterocycles. The van der Waals surface area contributed by atoms with Gasteiger partial charge in [-0.25, -0.2) is 0 Å². The minimum absolute atomic E-state index is 0.137. The van der Waals surface area contributed by atoms with E-state index in [0.717, 1.165) is 25.5 Å². The lowest BCUT2D eigenvalue weighted by molar-refractivity contribution is -0.0107. The number of hydrogen-bond donors (Lipinski definition) is 2. The fourth-order valence-corrected chi connectivity index (χ4v) is 2.70. The zero-order chi connectivity index (χ0) is 12.7. The van der Waals surface area contributed by atoms with E-state index in [1.165, 1.54) is 25.7 Å². The summed E-state index contributed by atoms with van der Waals surface area (Å²) < 4.78 is 5.60. The van der Waals surface area contributed by atoms with Crippen LogP contribution < -0.4 is 5.32 Å². The Labute approximate surface area is 106 Å². The summed E-state index contributed by atoms with van der Waals surface area (Å²) in [6.45, 7) is 8.38. The SMILES string of the molecule is CCOC(C)(C)CNCC(O)CC1CCCC1. The third-order valence-electron chi connectivity index (χ3n) is 3.55. The van der Waals surface area contributed by atoms with Crippen LogP contribution in [0.5, 0.6) is 0 Å². The van der Waals surface area contributed by atoms with Gasteiger partial charge in [-0.2, -0.15) is 0 Å². The minimum Gasteiger partial charge on any atom is -0.392 e. The fraction of sp³-hybridized carbons (Fsp3) is 1.00. The van der Waals surface area contributed by atoms with Crippen molar-refractivity contribution in [2.75, 3.05) is 19.7 Å². The smallest absolute Gasteiger partial charge is 0.0750 e. The number of aliphatic hydroxyl groups excluding tert-OH is 1. The molecular weight excluding hydrogens is 214 g/mol. The molecule has 2 N–H and O–H groups in total. The molecule has 1 unspecified atom stereocenters. The van der Waals surface area contributed by atoms with Gasteiger partial charge in [-0.3, -0.25) is 0 Å². The molecule has 0 saturated heterocycles. The van der Waals surface area contributed by atoms with Gasteiger partial charge in [0.2, 0.25) is 0 Å². The van der Waals surface area contributed by atoms with E-state index in [2.05, 4.69) is 19.2 Å². The third-order valence-corrected chi connectivity index (χ3v) is 3.55. The van der Waals surface area contributed by atoms with Crippen molar-refractivity contribution in [1.29, 1.82) is 0 Å². The van der Waals surface area contributed by atoms with Crippen LogP contribution in [-0.2, 0) is 4.74 Å². The molecule has 1 aliphatic rings. The molecule has 102 valence electrons. The van der Waals surface area contributed by atoms with Crippen molar-refractivity contribution >= 4 is 0 Å². The molecule has 0 aromatic carbocycles. The molecule has 1 fully saturated rings. The lowest BCUT2D eigenvalue weighted by Crippen LogP contribution is -2.40. The summed E-state index contributed by atoms with van der Waals surface area (Å²) in [5.74, 6) is 0.756. The maximum atomic E-state index is 9.93. The van der Waals surface area contributed by atoms with E-state index in [0.29, 0.717) is 6.54 Å². The minimum atomic E-state index is -0.199. The van der Waals surface area contributed by atoms with E-state index in [4.69, 9.17) is 4.74 Å². The van der Waals surface area contributed by atoms with Crippen LogP contribution in [0.3, 0.4) is 0 Å². The van der Waals surface area contributed by atoms with Gasteiger partial charge in [-0.1, -0.05) is 25.7 Å². The number of hydrogen-bond acceptors (Lipinski definition) is 3. The molecule has 0 bridgehead atoms. The average molecular weight is 243 g/mol. The molecule has 3 nitrogen and oxygen atoms in total. The van der Waals surface area contributed by atoms with E-state index in [1.54, 1.807) is 0 Å². The predicted molar refractivity (Wildman–Crippen MR) is 71.2 cm³/mol. The first-order valence-electron chi connectivity index (χ1n) is 7.06. The molecule has 0 aromatic heterocycles. The number of rotatable bonds is 8. The summed E-state index contributed by atoms with van der Waals surface area (Å²) in [7, 11) is 0. The normalized spacial score (nSPS) is 19.8. The van der Waals surface area contributed by atoms with E-state index < -0.39 is 0 Å². The summed E-state index contributed by atoms with van der Waals surface area (Å²) in [4.78, 5) is 0. The monoisotopic (exact) mass is 243 g/mol. The summed E-state index contributed by atoms with van der Waals surface area (Å²) in [5.41, 5.74) is -0.137. The van der Waals surface area contributed by atoms with Crippen molar-refractivity contribution in [2.45, 2.75) is 64.6 Å². The second kappa shape index (κ2) is 7.34. The van der Waals surface area contributed by atoms with Gasteiger partial charge >= 0.3 is 0 Å². The zero-order valence-corrected chi connectivity index (χ0v) is 11.7. The maximum Gasteiger partial charge on any atom is 0.0750 e. The molecule has 1 atom stereocenters. The Morgan fingerprint density at radius 2 is 2.00 bits per heavy atom. The summed E-state index contributed by atoms with van der Waals surface area (Å²) in [5, 5.41) is 13.2. The van der Waals surface area contributed by atoms with Gasteiger partial charge in [-0.05, 0) is 33.1 Å². The van der Waals surface area contributed by atoms with Gasteiger partial charge in [0, 0.05) is 19.7 Å². The highest BCUT2D eigenvalue weighted by atomic mass is 16.5. The van der Waals surface area contributed by atoms with Crippen molar-refractivity contribution in [1.82, 2.24) is 5.32 Å². The summed E-state index contributed by atoms with van der Waals surface area (Å²) >= 11 is 0. The van der Waals surface area contributed by atoms with Crippen LogP contribution >= 0.6 is 0 Å². The van der Waals surface area contributed by atoms with E-state index in [1.807, 2.05) is 6.92 Å². The third kappa shape index (κ3) is 6.39. The molecular formula is C14H29NO2. The lowest BCUT2D eigenvalue weighted by atomic mass is 10.00. The molecule has 1 saturated carbocycles. The van der Waals surface area contributed by atoms with Gasteiger partial charge in [0.15, 0.2) is 0 Å². The molecule has 1 rings (SSSR count). The first-order valence-corrected chi connectivity index (χ1v) is 7.06. The van der Waals surface area contributed by atoms with E-state index in [9.17, 15) is 5.11 Å². The summed E-state index contributed by atoms with van der Waals surface area (Å²) in [6.07, 6.45) is 6.07. The van der Waals surface area contributed by atoms with Gasteiger partial charge in [0.1, 0.15) is 0 Å². The van der Waals surface area contributed by atoms with Crippen LogP contribution in [0.25, 0.3) is 0 Å². The molecule has 0 aromatic rings. The molecule has 0 amide bonds. The molecule has 1 aliphatic carbocycles. The topological polar surface area (TPSA) is 41.5 Å². The highest BCUT2D eigenvalue weighted by Gasteiger charge is 2.20. The van der Waals surface area contributed by atoms with Gasteiger partial charge in [-0.15, -0.1) is 0 Å². The number of nitrogens with one attached hydrogen (secondary N) is 1. The Hall–Kier alpha value is -0.120. The standard InChI is InChI=1S/C14H29NO2/c1-4-17-14(2,3)11-15-10-13(16)9-12-7-5-6-8-12/h12-13,15-16H,4-11H2,1-3H3.